The second kappa shape index (κ2) is 4.85. The molecule has 0 unspecified atom stereocenters. The number of aromatic amines is 1. The molecule has 0 saturated heterocycles. The van der Waals surface area contributed by atoms with Gasteiger partial charge in [0.05, 0.1) is 11.6 Å². The lowest BCUT2D eigenvalue weighted by molar-refractivity contribution is 0.309. The molecule has 0 aliphatic heterocycles. The Bertz CT molecular complexity index is 804. The minimum atomic E-state index is 0.190. The Labute approximate surface area is 114 Å². The quantitative estimate of drug-likeness (QED) is 0.735. The number of nitrogens with one attached hydrogen (secondary N) is 1. The SMILES string of the molecule is N#Cc1ccc[c]c1COc1cc(N)nc2[nH]nnc12. The summed E-state index contributed by atoms with van der Waals surface area (Å²) < 4.78 is 5.66. The Morgan fingerprint density at radius 3 is 3.25 bits per heavy atom. The topological polar surface area (TPSA) is 114 Å². The summed E-state index contributed by atoms with van der Waals surface area (Å²) in [5, 5.41) is 19.2. The van der Waals surface area contributed by atoms with Gasteiger partial charge in [-0.15, -0.1) is 5.10 Å². The molecule has 2 aromatic heterocycles. The first kappa shape index (κ1) is 11.9. The van der Waals surface area contributed by atoms with Gasteiger partial charge in [-0.25, -0.2) is 10.1 Å². The van der Waals surface area contributed by atoms with E-state index in [2.05, 4.69) is 32.5 Å². The normalized spacial score (nSPS) is 10.3. The Morgan fingerprint density at radius 1 is 1.50 bits per heavy atom. The van der Waals surface area contributed by atoms with Crippen LogP contribution in [-0.4, -0.2) is 20.4 Å². The first-order valence-electron chi connectivity index (χ1n) is 5.77. The van der Waals surface area contributed by atoms with Crippen molar-refractivity contribution in [2.45, 2.75) is 6.61 Å². The third-order valence-corrected chi connectivity index (χ3v) is 2.72. The molecule has 20 heavy (non-hydrogen) atoms. The maximum atomic E-state index is 9.02. The zero-order valence-corrected chi connectivity index (χ0v) is 10.3. The third-order valence-electron chi connectivity index (χ3n) is 2.72. The molecule has 2 heterocycles. The molecule has 0 fully saturated rings. The number of anilines is 1. The number of fused-ring (bicyclic) bond motifs is 1. The molecule has 0 bridgehead atoms. The summed E-state index contributed by atoms with van der Waals surface area (Å²) in [5.41, 5.74) is 7.82. The van der Waals surface area contributed by atoms with Crippen molar-refractivity contribution in [3.8, 4) is 11.8 Å². The van der Waals surface area contributed by atoms with Crippen LogP contribution in [0.2, 0.25) is 0 Å². The lowest BCUT2D eigenvalue weighted by atomic mass is 10.1. The molecule has 0 saturated carbocycles. The fraction of sp³-hybridized carbons (Fsp3) is 0.0769. The first-order valence-corrected chi connectivity index (χ1v) is 5.77. The molecular weight excluding hydrogens is 256 g/mol. The van der Waals surface area contributed by atoms with Gasteiger partial charge in [0.1, 0.15) is 12.4 Å². The van der Waals surface area contributed by atoms with E-state index in [4.69, 9.17) is 15.7 Å². The van der Waals surface area contributed by atoms with Crippen LogP contribution in [0.3, 0.4) is 0 Å². The van der Waals surface area contributed by atoms with Crippen LogP contribution < -0.4 is 10.5 Å². The summed E-state index contributed by atoms with van der Waals surface area (Å²) >= 11 is 0. The Morgan fingerprint density at radius 2 is 2.40 bits per heavy atom. The molecule has 3 aromatic rings. The van der Waals surface area contributed by atoms with Crippen molar-refractivity contribution in [3.05, 3.63) is 41.5 Å². The summed E-state index contributed by atoms with van der Waals surface area (Å²) in [6, 6.07) is 11.8. The first-order chi connectivity index (χ1) is 9.78. The van der Waals surface area contributed by atoms with E-state index in [1.54, 1.807) is 24.3 Å². The fourth-order valence-corrected chi connectivity index (χ4v) is 1.79. The summed E-state index contributed by atoms with van der Waals surface area (Å²) in [5.74, 6) is 0.762. The van der Waals surface area contributed by atoms with Gasteiger partial charge in [-0.05, 0) is 12.1 Å². The van der Waals surface area contributed by atoms with Crippen LogP contribution in [-0.2, 0) is 6.61 Å². The van der Waals surface area contributed by atoms with E-state index in [1.165, 1.54) is 0 Å². The number of nitrogens with zero attached hydrogens (tertiary/aromatic N) is 4. The number of ether oxygens (including phenoxy) is 1. The van der Waals surface area contributed by atoms with Gasteiger partial charge >= 0.3 is 0 Å². The standard InChI is InChI=1S/C13H9N6O/c14-6-8-3-1-2-4-9(8)7-20-10-5-11(15)16-13-12(10)17-19-18-13/h1-3,5H,7H2,(H3,15,16,17,18,19). The average molecular weight is 265 g/mol. The zero-order valence-electron chi connectivity index (χ0n) is 10.3. The smallest absolute Gasteiger partial charge is 0.181 e. The van der Waals surface area contributed by atoms with Crippen molar-refractivity contribution in [2.75, 3.05) is 5.73 Å². The van der Waals surface area contributed by atoms with E-state index in [9.17, 15) is 0 Å². The second-order valence-electron chi connectivity index (χ2n) is 4.02. The number of nitrogens with two attached hydrogens (primary N) is 1. The summed E-state index contributed by atoms with van der Waals surface area (Å²) in [6.07, 6.45) is 0. The Hall–Kier alpha value is -3.14. The molecule has 0 atom stereocenters. The van der Waals surface area contributed by atoms with Gasteiger partial charge < -0.3 is 10.5 Å². The van der Waals surface area contributed by atoms with Crippen LogP contribution in [0, 0.1) is 17.4 Å². The number of rotatable bonds is 3. The van der Waals surface area contributed by atoms with Crippen molar-refractivity contribution in [2.24, 2.45) is 0 Å². The lowest BCUT2D eigenvalue weighted by Crippen LogP contribution is -2.00. The van der Waals surface area contributed by atoms with E-state index in [0.29, 0.717) is 33.9 Å². The van der Waals surface area contributed by atoms with E-state index in [1.807, 2.05) is 0 Å². The molecule has 7 heteroatoms. The van der Waals surface area contributed by atoms with Crippen molar-refractivity contribution < 1.29 is 4.74 Å². The van der Waals surface area contributed by atoms with Crippen molar-refractivity contribution in [3.63, 3.8) is 0 Å². The van der Waals surface area contributed by atoms with Crippen LogP contribution in [0.1, 0.15) is 11.1 Å². The van der Waals surface area contributed by atoms with Crippen LogP contribution in [0.15, 0.2) is 24.3 Å². The number of H-pyrrole nitrogens is 1. The number of pyridine rings is 1. The molecule has 0 aliphatic carbocycles. The zero-order chi connectivity index (χ0) is 13.9. The van der Waals surface area contributed by atoms with Crippen molar-refractivity contribution in [1.29, 1.82) is 5.26 Å². The third kappa shape index (κ3) is 2.10. The van der Waals surface area contributed by atoms with Gasteiger partial charge in [0.2, 0.25) is 0 Å². The maximum absolute atomic E-state index is 9.02. The van der Waals surface area contributed by atoms with Gasteiger partial charge in [0, 0.05) is 11.6 Å². The Kier molecular flexibility index (Phi) is 2.89. The average Bonchev–Trinajstić information content (AvgIpc) is 2.93. The highest BCUT2D eigenvalue weighted by atomic mass is 16.5. The van der Waals surface area contributed by atoms with E-state index in [0.717, 1.165) is 0 Å². The molecule has 0 amide bonds. The van der Waals surface area contributed by atoms with Crippen LogP contribution in [0.5, 0.6) is 5.75 Å². The van der Waals surface area contributed by atoms with Gasteiger partial charge in [0.25, 0.3) is 0 Å². The van der Waals surface area contributed by atoms with Crippen LogP contribution in [0.4, 0.5) is 5.82 Å². The van der Waals surface area contributed by atoms with Crippen molar-refractivity contribution >= 4 is 17.0 Å². The summed E-state index contributed by atoms with van der Waals surface area (Å²) in [4.78, 5) is 4.04. The van der Waals surface area contributed by atoms with Gasteiger partial charge in [0.15, 0.2) is 16.9 Å². The number of aromatic nitrogens is 4. The molecular formula is C13H9N6O. The largest absolute Gasteiger partial charge is 0.486 e. The molecule has 3 rings (SSSR count). The molecule has 0 aliphatic rings. The highest BCUT2D eigenvalue weighted by Crippen LogP contribution is 2.24. The highest BCUT2D eigenvalue weighted by molar-refractivity contribution is 5.78. The predicted octanol–water partition coefficient (Wildman–Crippen LogP) is 1.19. The van der Waals surface area contributed by atoms with Gasteiger partial charge in [-0.3, -0.25) is 0 Å². The van der Waals surface area contributed by atoms with Crippen LogP contribution in [0.25, 0.3) is 11.2 Å². The molecule has 7 nitrogen and oxygen atoms in total. The van der Waals surface area contributed by atoms with Gasteiger partial charge in [-0.2, -0.15) is 5.26 Å². The molecule has 1 radical (unpaired) electrons. The Balaban J connectivity index is 1.91. The van der Waals surface area contributed by atoms with E-state index >= 15 is 0 Å². The molecule has 0 spiro atoms. The second-order valence-corrected chi connectivity index (χ2v) is 4.02. The summed E-state index contributed by atoms with van der Waals surface area (Å²) in [6.45, 7) is 0.190. The maximum Gasteiger partial charge on any atom is 0.181 e. The number of benzene rings is 1. The van der Waals surface area contributed by atoms with Crippen molar-refractivity contribution in [1.82, 2.24) is 20.4 Å². The monoisotopic (exact) mass is 265 g/mol. The number of hydrogen-bond donors (Lipinski definition) is 2. The number of nitriles is 1. The number of hydrogen-bond acceptors (Lipinski definition) is 6. The number of nitrogen functional groups attached to an aromatic ring is 1. The predicted molar refractivity (Wildman–Crippen MR) is 70.4 cm³/mol. The molecule has 3 N–H and O–H groups in total. The summed E-state index contributed by atoms with van der Waals surface area (Å²) in [7, 11) is 0. The lowest BCUT2D eigenvalue weighted by Gasteiger charge is -2.07. The van der Waals surface area contributed by atoms with Crippen LogP contribution >= 0.6 is 0 Å². The molecule has 1 aromatic carbocycles. The van der Waals surface area contributed by atoms with E-state index < -0.39 is 0 Å². The van der Waals surface area contributed by atoms with E-state index in [-0.39, 0.29) is 6.61 Å². The molecule has 97 valence electrons. The highest BCUT2D eigenvalue weighted by Gasteiger charge is 2.10. The minimum absolute atomic E-state index is 0.190. The fourth-order valence-electron chi connectivity index (χ4n) is 1.79. The van der Waals surface area contributed by atoms with Gasteiger partial charge in [-0.1, -0.05) is 17.3 Å². The minimum Gasteiger partial charge on any atom is -0.486 e.